The number of carboxylic acid groups (broad SMARTS) is 1. The van der Waals surface area contributed by atoms with Crippen LogP contribution in [-0.4, -0.2) is 30.6 Å². The largest absolute Gasteiger partial charge is 0.496 e. The third-order valence-corrected chi connectivity index (χ3v) is 3.74. The molecule has 0 aliphatic carbocycles. The number of para-hydroxylation sites is 1. The molecule has 2 aromatic rings. The van der Waals surface area contributed by atoms with Crippen molar-refractivity contribution in [1.82, 2.24) is 5.32 Å². The number of rotatable bonds is 7. The Kier molecular flexibility index (Phi) is 5.81. The first-order valence-corrected chi connectivity index (χ1v) is 7.68. The fourth-order valence-electron chi connectivity index (χ4n) is 2.12. The number of aliphatic carboxylic acids is 1. The quantitative estimate of drug-likeness (QED) is 0.769. The maximum atomic E-state index is 11.9. The van der Waals surface area contributed by atoms with E-state index in [1.54, 1.807) is 18.2 Å². The third kappa shape index (κ3) is 4.59. The molecule has 0 bridgehead atoms. The summed E-state index contributed by atoms with van der Waals surface area (Å²) in [6.45, 7) is -0.00939. The van der Waals surface area contributed by atoms with Gasteiger partial charge in [-0.2, -0.15) is 0 Å². The second kappa shape index (κ2) is 7.82. The lowest BCUT2D eigenvalue weighted by Gasteiger charge is -2.15. The molecule has 1 aromatic heterocycles. The lowest BCUT2D eigenvalue weighted by Crippen LogP contribution is -2.34. The molecule has 122 valence electrons. The van der Waals surface area contributed by atoms with Crippen LogP contribution in [0.25, 0.3) is 0 Å². The lowest BCUT2D eigenvalue weighted by atomic mass is 9.98. The van der Waals surface area contributed by atoms with Gasteiger partial charge in [-0.25, -0.2) is 0 Å². The summed E-state index contributed by atoms with van der Waals surface area (Å²) in [5.41, 5.74) is 0.775. The first-order valence-electron chi connectivity index (χ1n) is 6.89. The molecule has 1 amide bonds. The van der Waals surface area contributed by atoms with Crippen LogP contribution in [0.1, 0.15) is 16.1 Å². The number of ether oxygens (including phenoxy) is 1. The van der Waals surface area contributed by atoms with E-state index in [2.05, 4.69) is 21.2 Å². The minimum atomic E-state index is -0.989. The molecule has 6 nitrogen and oxygen atoms in total. The Balaban J connectivity index is 2.02. The van der Waals surface area contributed by atoms with Crippen LogP contribution in [0.4, 0.5) is 0 Å². The van der Waals surface area contributed by atoms with E-state index in [0.29, 0.717) is 10.4 Å². The third-order valence-electron chi connectivity index (χ3n) is 3.31. The molecule has 2 rings (SSSR count). The Bertz CT molecular complexity index is 697. The fraction of sp³-hybridized carbons (Fsp3) is 0.250. The van der Waals surface area contributed by atoms with Crippen molar-refractivity contribution in [3.8, 4) is 5.75 Å². The molecule has 1 unspecified atom stereocenters. The van der Waals surface area contributed by atoms with Crippen molar-refractivity contribution in [1.29, 1.82) is 0 Å². The molecule has 0 aliphatic rings. The highest BCUT2D eigenvalue weighted by Crippen LogP contribution is 2.21. The number of carboxylic acids is 1. The highest BCUT2D eigenvalue weighted by molar-refractivity contribution is 9.10. The molecule has 0 fully saturated rings. The lowest BCUT2D eigenvalue weighted by molar-refractivity contribution is -0.141. The van der Waals surface area contributed by atoms with E-state index in [-0.39, 0.29) is 18.7 Å². The number of hydrogen-bond acceptors (Lipinski definition) is 4. The van der Waals surface area contributed by atoms with Crippen LogP contribution in [0.3, 0.4) is 0 Å². The molecule has 1 heterocycles. The van der Waals surface area contributed by atoms with Crippen LogP contribution in [-0.2, 0) is 11.2 Å². The molecule has 1 atom stereocenters. The first-order chi connectivity index (χ1) is 11.0. The van der Waals surface area contributed by atoms with Crippen molar-refractivity contribution in [3.05, 3.63) is 52.4 Å². The van der Waals surface area contributed by atoms with E-state index >= 15 is 0 Å². The van der Waals surface area contributed by atoms with Crippen molar-refractivity contribution >= 4 is 27.8 Å². The Morgan fingerprint density at radius 1 is 1.30 bits per heavy atom. The van der Waals surface area contributed by atoms with Crippen molar-refractivity contribution < 1.29 is 23.8 Å². The Labute approximate surface area is 141 Å². The van der Waals surface area contributed by atoms with Gasteiger partial charge < -0.3 is 19.6 Å². The topological polar surface area (TPSA) is 88.8 Å². The van der Waals surface area contributed by atoms with E-state index in [0.717, 1.165) is 5.56 Å². The van der Waals surface area contributed by atoms with E-state index in [4.69, 9.17) is 9.15 Å². The molecule has 0 saturated heterocycles. The van der Waals surface area contributed by atoms with Gasteiger partial charge in [0, 0.05) is 6.54 Å². The predicted octanol–water partition coefficient (Wildman–Crippen LogP) is 2.72. The number of hydrogen-bond donors (Lipinski definition) is 2. The van der Waals surface area contributed by atoms with Gasteiger partial charge in [-0.3, -0.25) is 9.59 Å². The van der Waals surface area contributed by atoms with Gasteiger partial charge in [-0.05, 0) is 46.1 Å². The number of carbonyl (C=O) groups excluding carboxylic acids is 1. The minimum absolute atomic E-state index is 0.00939. The molecular weight excluding hydrogens is 366 g/mol. The number of carbonyl (C=O) groups is 2. The predicted molar refractivity (Wildman–Crippen MR) is 86.6 cm³/mol. The first kappa shape index (κ1) is 17.1. The molecular formula is C16H16BrNO5. The van der Waals surface area contributed by atoms with Crippen molar-refractivity contribution in [3.63, 3.8) is 0 Å². The maximum Gasteiger partial charge on any atom is 0.308 e. The second-order valence-corrected chi connectivity index (χ2v) is 5.65. The van der Waals surface area contributed by atoms with Gasteiger partial charge in [0.05, 0.1) is 13.0 Å². The summed E-state index contributed by atoms with van der Waals surface area (Å²) < 4.78 is 10.8. The molecule has 2 N–H and O–H groups in total. The number of halogens is 1. The molecule has 0 saturated carbocycles. The Morgan fingerprint density at radius 2 is 2.04 bits per heavy atom. The summed E-state index contributed by atoms with van der Waals surface area (Å²) >= 11 is 3.11. The summed E-state index contributed by atoms with van der Waals surface area (Å²) in [7, 11) is 1.53. The van der Waals surface area contributed by atoms with Crippen molar-refractivity contribution in [2.75, 3.05) is 13.7 Å². The van der Waals surface area contributed by atoms with E-state index in [1.807, 2.05) is 12.1 Å². The van der Waals surface area contributed by atoms with Gasteiger partial charge in [0.25, 0.3) is 5.91 Å². The van der Waals surface area contributed by atoms with Gasteiger partial charge >= 0.3 is 5.97 Å². The van der Waals surface area contributed by atoms with Gasteiger partial charge in [0.1, 0.15) is 5.75 Å². The van der Waals surface area contributed by atoms with Crippen LogP contribution >= 0.6 is 15.9 Å². The number of nitrogens with one attached hydrogen (secondary N) is 1. The molecule has 23 heavy (non-hydrogen) atoms. The normalized spacial score (nSPS) is 11.7. The molecule has 0 spiro atoms. The van der Waals surface area contributed by atoms with Crippen LogP contribution in [0.5, 0.6) is 5.75 Å². The minimum Gasteiger partial charge on any atom is -0.496 e. The number of amides is 1. The summed E-state index contributed by atoms with van der Waals surface area (Å²) in [5.74, 6) is -1.47. The average molecular weight is 382 g/mol. The van der Waals surface area contributed by atoms with Crippen LogP contribution in [0.2, 0.25) is 0 Å². The van der Waals surface area contributed by atoms with Gasteiger partial charge in [-0.15, -0.1) is 0 Å². The fourth-order valence-corrected chi connectivity index (χ4v) is 2.43. The SMILES string of the molecule is COc1ccccc1CC(CNC(=O)c1ccc(Br)o1)C(=O)O. The number of methoxy groups -OCH3 is 1. The molecule has 0 radical (unpaired) electrons. The van der Waals surface area contributed by atoms with Crippen LogP contribution in [0.15, 0.2) is 45.5 Å². The Hall–Kier alpha value is -2.28. The van der Waals surface area contributed by atoms with E-state index in [1.165, 1.54) is 13.2 Å². The molecule has 0 aliphatic heterocycles. The van der Waals surface area contributed by atoms with Crippen LogP contribution < -0.4 is 10.1 Å². The van der Waals surface area contributed by atoms with E-state index < -0.39 is 17.8 Å². The van der Waals surface area contributed by atoms with Gasteiger partial charge in [0.15, 0.2) is 10.4 Å². The highest BCUT2D eigenvalue weighted by atomic mass is 79.9. The second-order valence-electron chi connectivity index (χ2n) is 4.86. The van der Waals surface area contributed by atoms with Gasteiger partial charge in [0.2, 0.25) is 0 Å². The zero-order chi connectivity index (χ0) is 16.8. The summed E-state index contributed by atoms with van der Waals surface area (Å²) in [5, 5.41) is 11.9. The molecule has 7 heteroatoms. The van der Waals surface area contributed by atoms with Gasteiger partial charge in [-0.1, -0.05) is 18.2 Å². The number of benzene rings is 1. The number of furan rings is 1. The Morgan fingerprint density at radius 3 is 2.65 bits per heavy atom. The zero-order valence-electron chi connectivity index (χ0n) is 12.4. The van der Waals surface area contributed by atoms with Crippen molar-refractivity contribution in [2.45, 2.75) is 6.42 Å². The standard InChI is InChI=1S/C16H16BrNO5/c1-22-12-5-3-2-4-10(12)8-11(16(20)21)9-18-15(19)13-6-7-14(17)23-13/h2-7,11H,8-9H2,1H3,(H,18,19)(H,20,21). The van der Waals surface area contributed by atoms with Crippen LogP contribution in [0, 0.1) is 5.92 Å². The maximum absolute atomic E-state index is 11.9. The summed E-state index contributed by atoms with van der Waals surface area (Å²) in [6.07, 6.45) is 0.251. The zero-order valence-corrected chi connectivity index (χ0v) is 14.0. The average Bonchev–Trinajstić information content (AvgIpc) is 2.97. The van der Waals surface area contributed by atoms with E-state index in [9.17, 15) is 14.7 Å². The smallest absolute Gasteiger partial charge is 0.308 e. The summed E-state index contributed by atoms with van der Waals surface area (Å²) in [4.78, 5) is 23.4. The monoisotopic (exact) mass is 381 g/mol. The highest BCUT2D eigenvalue weighted by Gasteiger charge is 2.21. The summed E-state index contributed by atoms with van der Waals surface area (Å²) in [6, 6.07) is 10.3. The van der Waals surface area contributed by atoms with Crippen molar-refractivity contribution in [2.24, 2.45) is 5.92 Å². The molecule has 1 aromatic carbocycles.